The second-order valence-corrected chi connectivity index (χ2v) is 6.53. The van der Waals surface area contributed by atoms with Crippen LogP contribution in [0.4, 0.5) is 4.79 Å². The fourth-order valence-corrected chi connectivity index (χ4v) is 3.75. The van der Waals surface area contributed by atoms with Gasteiger partial charge in [0.2, 0.25) is 0 Å². The first kappa shape index (κ1) is 13.7. The molecule has 0 heterocycles. The molecule has 1 amide bonds. The fourth-order valence-electron chi connectivity index (χ4n) is 3.75. The first-order valence-electron chi connectivity index (χ1n) is 7.63. The highest BCUT2D eigenvalue weighted by molar-refractivity contribution is 5.64. The van der Waals surface area contributed by atoms with Gasteiger partial charge in [-0.1, -0.05) is 32.6 Å². The van der Waals surface area contributed by atoms with Crippen LogP contribution in [0.3, 0.4) is 0 Å². The third kappa shape index (κ3) is 4.18. The molecule has 2 aliphatic rings. The van der Waals surface area contributed by atoms with Gasteiger partial charge in [0, 0.05) is 6.04 Å². The summed E-state index contributed by atoms with van der Waals surface area (Å²) >= 11 is 0. The van der Waals surface area contributed by atoms with Crippen molar-refractivity contribution in [3.8, 4) is 0 Å². The van der Waals surface area contributed by atoms with Crippen molar-refractivity contribution in [2.75, 3.05) is 0 Å². The van der Waals surface area contributed by atoms with Gasteiger partial charge in [-0.25, -0.2) is 4.79 Å². The second-order valence-electron chi connectivity index (χ2n) is 6.53. The topological polar surface area (TPSA) is 49.3 Å². The lowest BCUT2D eigenvalue weighted by atomic mass is 9.75. The molecule has 2 fully saturated rings. The summed E-state index contributed by atoms with van der Waals surface area (Å²) in [7, 11) is 0. The highest BCUT2D eigenvalue weighted by atomic mass is 16.4. The second kappa shape index (κ2) is 6.44. The molecule has 0 saturated heterocycles. The summed E-state index contributed by atoms with van der Waals surface area (Å²) in [4.78, 5) is 10.6. The van der Waals surface area contributed by atoms with Crippen molar-refractivity contribution >= 4 is 6.09 Å². The third-order valence-electron chi connectivity index (χ3n) is 4.98. The van der Waals surface area contributed by atoms with Crippen molar-refractivity contribution in [3.05, 3.63) is 0 Å². The predicted octanol–water partition coefficient (Wildman–Crippen LogP) is 4.03. The molecule has 2 N–H and O–H groups in total. The minimum absolute atomic E-state index is 0.213. The van der Waals surface area contributed by atoms with E-state index in [1.165, 1.54) is 44.9 Å². The maximum absolute atomic E-state index is 10.6. The Bertz CT molecular complexity index is 264. The van der Waals surface area contributed by atoms with E-state index >= 15 is 0 Å². The van der Waals surface area contributed by atoms with Crippen molar-refractivity contribution in [1.29, 1.82) is 0 Å². The molecule has 2 rings (SSSR count). The quantitative estimate of drug-likeness (QED) is 0.797. The number of carbonyl (C=O) groups is 1. The monoisotopic (exact) mass is 253 g/mol. The molecule has 0 bridgehead atoms. The Hall–Kier alpha value is -0.730. The molecule has 0 aromatic carbocycles. The first-order valence-corrected chi connectivity index (χ1v) is 7.63. The van der Waals surface area contributed by atoms with Gasteiger partial charge in [0.05, 0.1) is 0 Å². The minimum atomic E-state index is -0.861. The molecular weight excluding hydrogens is 226 g/mol. The van der Waals surface area contributed by atoms with Crippen LogP contribution in [0.15, 0.2) is 0 Å². The summed E-state index contributed by atoms with van der Waals surface area (Å²) in [6.45, 7) is 2.37. The highest BCUT2D eigenvalue weighted by Crippen LogP contribution is 2.36. The van der Waals surface area contributed by atoms with E-state index in [0.29, 0.717) is 0 Å². The molecule has 0 aromatic heterocycles. The molecule has 18 heavy (non-hydrogen) atoms. The number of carboxylic acid groups (broad SMARTS) is 1. The third-order valence-corrected chi connectivity index (χ3v) is 4.98. The summed E-state index contributed by atoms with van der Waals surface area (Å²) in [6, 6.07) is 0.213. The molecule has 0 aromatic rings. The Morgan fingerprint density at radius 2 is 1.50 bits per heavy atom. The highest BCUT2D eigenvalue weighted by Gasteiger charge is 2.26. The summed E-state index contributed by atoms with van der Waals surface area (Å²) in [6.07, 6.45) is 10.7. The molecule has 3 nitrogen and oxygen atoms in total. The lowest BCUT2D eigenvalue weighted by Crippen LogP contribution is -2.36. The molecule has 2 aliphatic carbocycles. The van der Waals surface area contributed by atoms with Crippen LogP contribution < -0.4 is 5.32 Å². The van der Waals surface area contributed by atoms with Crippen molar-refractivity contribution < 1.29 is 9.90 Å². The van der Waals surface area contributed by atoms with E-state index in [0.717, 1.165) is 30.6 Å². The van der Waals surface area contributed by atoms with Crippen molar-refractivity contribution in [3.63, 3.8) is 0 Å². The van der Waals surface area contributed by atoms with Gasteiger partial charge in [0.25, 0.3) is 0 Å². The Morgan fingerprint density at radius 3 is 2.00 bits per heavy atom. The largest absolute Gasteiger partial charge is 0.465 e. The van der Waals surface area contributed by atoms with Crippen molar-refractivity contribution in [2.45, 2.75) is 70.8 Å². The Labute approximate surface area is 110 Å². The molecule has 3 heteroatoms. The van der Waals surface area contributed by atoms with Crippen LogP contribution in [0.25, 0.3) is 0 Å². The smallest absolute Gasteiger partial charge is 0.404 e. The van der Waals surface area contributed by atoms with Crippen molar-refractivity contribution in [1.82, 2.24) is 5.32 Å². The van der Waals surface area contributed by atoms with Crippen LogP contribution in [-0.2, 0) is 0 Å². The lowest BCUT2D eigenvalue weighted by Gasteiger charge is -2.33. The van der Waals surface area contributed by atoms with Gasteiger partial charge < -0.3 is 10.4 Å². The number of rotatable bonds is 3. The van der Waals surface area contributed by atoms with Crippen LogP contribution in [-0.4, -0.2) is 17.2 Å². The minimum Gasteiger partial charge on any atom is -0.465 e. The zero-order chi connectivity index (χ0) is 13.0. The summed E-state index contributed by atoms with van der Waals surface area (Å²) in [5.41, 5.74) is 0. The van der Waals surface area contributed by atoms with Gasteiger partial charge in [0.1, 0.15) is 0 Å². The van der Waals surface area contributed by atoms with E-state index in [4.69, 9.17) is 5.11 Å². The standard InChI is InChI=1S/C15H27NO2/c1-11-2-4-12(5-3-11)10-13-6-8-14(9-7-13)16-15(17)18/h11-14,16H,2-10H2,1H3,(H,17,18). The molecule has 0 atom stereocenters. The number of nitrogens with one attached hydrogen (secondary N) is 1. The molecule has 0 spiro atoms. The average Bonchev–Trinajstić information content (AvgIpc) is 2.34. The van der Waals surface area contributed by atoms with Crippen molar-refractivity contribution in [2.24, 2.45) is 17.8 Å². The summed E-state index contributed by atoms with van der Waals surface area (Å²) < 4.78 is 0. The zero-order valence-corrected chi connectivity index (χ0v) is 11.5. The Morgan fingerprint density at radius 1 is 1.00 bits per heavy atom. The van der Waals surface area contributed by atoms with E-state index in [9.17, 15) is 4.79 Å². The molecule has 0 radical (unpaired) electrons. The molecule has 0 aliphatic heterocycles. The van der Waals surface area contributed by atoms with E-state index in [1.54, 1.807) is 0 Å². The number of hydrogen-bond acceptors (Lipinski definition) is 1. The van der Waals surface area contributed by atoms with Gasteiger partial charge in [-0.15, -0.1) is 0 Å². The SMILES string of the molecule is CC1CCC(CC2CCC(NC(=O)O)CC2)CC1. The maximum Gasteiger partial charge on any atom is 0.404 e. The van der Waals surface area contributed by atoms with E-state index < -0.39 is 6.09 Å². The van der Waals surface area contributed by atoms with Gasteiger partial charge in [-0.05, 0) is 49.9 Å². The van der Waals surface area contributed by atoms with Crippen LogP contribution >= 0.6 is 0 Å². The number of amides is 1. The van der Waals surface area contributed by atoms with Crippen LogP contribution in [0, 0.1) is 17.8 Å². The van der Waals surface area contributed by atoms with Crippen LogP contribution in [0.2, 0.25) is 0 Å². The average molecular weight is 253 g/mol. The van der Waals surface area contributed by atoms with Gasteiger partial charge in [0.15, 0.2) is 0 Å². The normalized spacial score (nSPS) is 37.2. The van der Waals surface area contributed by atoms with Gasteiger partial charge in [-0.3, -0.25) is 0 Å². The first-order chi connectivity index (χ1) is 8.63. The Balaban J connectivity index is 1.65. The Kier molecular flexibility index (Phi) is 4.90. The summed E-state index contributed by atoms with van der Waals surface area (Å²) in [5, 5.41) is 11.3. The fraction of sp³-hybridized carbons (Fsp3) is 0.933. The maximum atomic E-state index is 10.6. The van der Waals surface area contributed by atoms with Crippen LogP contribution in [0.1, 0.15) is 64.7 Å². The molecule has 2 saturated carbocycles. The number of hydrogen-bond donors (Lipinski definition) is 2. The lowest BCUT2D eigenvalue weighted by molar-refractivity contribution is 0.174. The van der Waals surface area contributed by atoms with E-state index in [2.05, 4.69) is 12.2 Å². The molecule has 104 valence electrons. The van der Waals surface area contributed by atoms with E-state index in [1.807, 2.05) is 0 Å². The summed E-state index contributed by atoms with van der Waals surface area (Å²) in [5.74, 6) is 2.75. The molecular formula is C15H27NO2. The predicted molar refractivity (Wildman–Crippen MR) is 72.6 cm³/mol. The zero-order valence-electron chi connectivity index (χ0n) is 11.5. The van der Waals surface area contributed by atoms with Gasteiger partial charge in [-0.2, -0.15) is 0 Å². The van der Waals surface area contributed by atoms with E-state index in [-0.39, 0.29) is 6.04 Å². The molecule has 0 unspecified atom stereocenters. The van der Waals surface area contributed by atoms with Crippen LogP contribution in [0.5, 0.6) is 0 Å². The van der Waals surface area contributed by atoms with Gasteiger partial charge >= 0.3 is 6.09 Å².